The molecule has 138 valence electrons. The molecule has 1 aromatic rings. The van der Waals surface area contributed by atoms with Gasteiger partial charge in [0.05, 0.1) is 5.56 Å². The van der Waals surface area contributed by atoms with Gasteiger partial charge in [0.2, 0.25) is 5.91 Å². The molecule has 2 N–H and O–H groups in total. The predicted octanol–water partition coefficient (Wildman–Crippen LogP) is 2.70. The van der Waals surface area contributed by atoms with E-state index >= 15 is 0 Å². The quantitative estimate of drug-likeness (QED) is 0.794. The number of hydrogen-bond donors (Lipinski definition) is 2. The lowest BCUT2D eigenvalue weighted by Gasteiger charge is -2.43. The van der Waals surface area contributed by atoms with Crippen LogP contribution in [0.4, 0.5) is 9.80 Å². The summed E-state index contributed by atoms with van der Waals surface area (Å²) >= 11 is 1.23. The first kappa shape index (κ1) is 18.4. The number of thiophene rings is 1. The molecular formula is C18H22N4O3S. The van der Waals surface area contributed by atoms with Crippen molar-refractivity contribution in [3.05, 3.63) is 17.0 Å². The average Bonchev–Trinajstić information content (AvgIpc) is 3.03. The molecule has 0 aromatic carbocycles. The van der Waals surface area contributed by atoms with Crippen molar-refractivity contribution in [1.29, 1.82) is 5.26 Å². The standard InChI is InChI=1S/C18H22N4O3S/c1-11-6-17(2,3)10-18(7-11)15(24)22(16(25)21-18)9-13(23)20-14-12(8-19)4-5-26-14/h4-5,11H,6-7,9-10H2,1-3H3,(H,20,23)(H,21,25)/t11-,18-/m1/s1. The fraction of sp³-hybridized carbons (Fsp3) is 0.556. The molecule has 2 aliphatic rings. The van der Waals surface area contributed by atoms with Crippen LogP contribution in [0.25, 0.3) is 0 Å². The summed E-state index contributed by atoms with van der Waals surface area (Å²) in [6, 6.07) is 3.07. The molecule has 1 spiro atoms. The molecule has 0 radical (unpaired) electrons. The van der Waals surface area contributed by atoms with Crippen LogP contribution in [0.3, 0.4) is 0 Å². The van der Waals surface area contributed by atoms with Crippen molar-refractivity contribution in [2.45, 2.75) is 45.6 Å². The number of hydrogen-bond acceptors (Lipinski definition) is 5. The average molecular weight is 374 g/mol. The van der Waals surface area contributed by atoms with Crippen LogP contribution in [0.15, 0.2) is 11.4 Å². The first-order valence-electron chi connectivity index (χ1n) is 8.57. The van der Waals surface area contributed by atoms with Gasteiger partial charge in [0, 0.05) is 0 Å². The topological polar surface area (TPSA) is 102 Å². The number of amides is 4. The van der Waals surface area contributed by atoms with Crippen LogP contribution >= 0.6 is 11.3 Å². The van der Waals surface area contributed by atoms with Crippen molar-refractivity contribution < 1.29 is 14.4 Å². The molecule has 2 fully saturated rings. The highest BCUT2D eigenvalue weighted by Crippen LogP contribution is 2.46. The zero-order valence-corrected chi connectivity index (χ0v) is 15.9. The van der Waals surface area contributed by atoms with Crippen LogP contribution in [0.1, 0.15) is 45.6 Å². The van der Waals surface area contributed by atoms with Gasteiger partial charge in [-0.25, -0.2) is 4.79 Å². The number of urea groups is 1. The Hall–Kier alpha value is -2.40. The number of nitrogens with one attached hydrogen (secondary N) is 2. The smallest absolute Gasteiger partial charge is 0.323 e. The second-order valence-corrected chi connectivity index (χ2v) is 9.00. The first-order valence-corrected chi connectivity index (χ1v) is 9.45. The van der Waals surface area contributed by atoms with Gasteiger partial charge in [-0.3, -0.25) is 14.5 Å². The number of anilines is 1. The summed E-state index contributed by atoms with van der Waals surface area (Å²) in [5, 5.41) is 16.6. The van der Waals surface area contributed by atoms with E-state index in [1.165, 1.54) is 11.3 Å². The maximum Gasteiger partial charge on any atom is 0.325 e. The Balaban J connectivity index is 1.73. The summed E-state index contributed by atoms with van der Waals surface area (Å²) in [7, 11) is 0. The van der Waals surface area contributed by atoms with Gasteiger partial charge in [-0.05, 0) is 42.0 Å². The molecule has 1 aromatic heterocycles. The Morgan fingerprint density at radius 3 is 2.85 bits per heavy atom. The van der Waals surface area contributed by atoms with E-state index in [9.17, 15) is 14.4 Å². The van der Waals surface area contributed by atoms with Gasteiger partial charge < -0.3 is 10.6 Å². The molecule has 0 bridgehead atoms. The molecule has 1 aliphatic carbocycles. The van der Waals surface area contributed by atoms with E-state index in [4.69, 9.17) is 5.26 Å². The van der Waals surface area contributed by atoms with E-state index in [-0.39, 0.29) is 17.9 Å². The van der Waals surface area contributed by atoms with Gasteiger partial charge in [-0.1, -0.05) is 20.8 Å². The molecule has 2 atom stereocenters. The van der Waals surface area contributed by atoms with E-state index < -0.39 is 17.5 Å². The molecule has 8 heteroatoms. The minimum Gasteiger partial charge on any atom is -0.323 e. The highest BCUT2D eigenvalue weighted by molar-refractivity contribution is 7.14. The fourth-order valence-corrected chi connectivity index (χ4v) is 5.21. The van der Waals surface area contributed by atoms with Crippen LogP contribution in [0.5, 0.6) is 0 Å². The fourth-order valence-electron chi connectivity index (χ4n) is 4.45. The highest BCUT2D eigenvalue weighted by atomic mass is 32.1. The monoisotopic (exact) mass is 374 g/mol. The highest BCUT2D eigenvalue weighted by Gasteiger charge is 2.56. The Labute approximate surface area is 156 Å². The van der Waals surface area contributed by atoms with E-state index in [0.29, 0.717) is 29.3 Å². The van der Waals surface area contributed by atoms with Crippen molar-refractivity contribution in [1.82, 2.24) is 10.2 Å². The first-order chi connectivity index (χ1) is 12.2. The molecular weight excluding hydrogens is 352 g/mol. The van der Waals surface area contributed by atoms with Crippen LogP contribution in [0, 0.1) is 22.7 Å². The molecule has 2 heterocycles. The summed E-state index contributed by atoms with van der Waals surface area (Å²) in [6.45, 7) is 5.92. The Morgan fingerprint density at radius 2 is 2.19 bits per heavy atom. The number of nitriles is 1. The molecule has 4 amide bonds. The van der Waals surface area contributed by atoms with E-state index in [1.54, 1.807) is 11.4 Å². The second kappa shape index (κ2) is 6.40. The lowest BCUT2D eigenvalue weighted by Crippen LogP contribution is -2.54. The largest absolute Gasteiger partial charge is 0.325 e. The third kappa shape index (κ3) is 3.31. The zero-order chi connectivity index (χ0) is 19.1. The minimum atomic E-state index is -0.917. The number of imide groups is 1. The lowest BCUT2D eigenvalue weighted by atomic mass is 9.64. The lowest BCUT2D eigenvalue weighted by molar-refractivity contribution is -0.136. The van der Waals surface area contributed by atoms with E-state index in [2.05, 4.69) is 31.4 Å². The summed E-state index contributed by atoms with van der Waals surface area (Å²) in [5.41, 5.74) is -0.614. The van der Waals surface area contributed by atoms with Gasteiger partial charge in [0.15, 0.2) is 0 Å². The maximum atomic E-state index is 13.0. The Bertz CT molecular complexity index is 810. The van der Waals surface area contributed by atoms with Crippen LogP contribution in [-0.4, -0.2) is 34.8 Å². The number of carbonyl (C=O) groups excluding carboxylic acids is 3. The summed E-state index contributed by atoms with van der Waals surface area (Å²) in [4.78, 5) is 38.7. The van der Waals surface area contributed by atoms with Crippen LogP contribution in [-0.2, 0) is 9.59 Å². The molecule has 0 unspecified atom stereocenters. The summed E-state index contributed by atoms with van der Waals surface area (Å²) in [6.07, 6.45) is 2.15. The van der Waals surface area contributed by atoms with E-state index in [1.807, 2.05) is 6.07 Å². The van der Waals surface area contributed by atoms with Crippen molar-refractivity contribution in [2.75, 3.05) is 11.9 Å². The number of nitrogens with zero attached hydrogens (tertiary/aromatic N) is 2. The van der Waals surface area contributed by atoms with Crippen LogP contribution in [0.2, 0.25) is 0 Å². The third-order valence-electron chi connectivity index (χ3n) is 4.96. The SMILES string of the molecule is C[C@@H]1CC(C)(C)C[C@@]2(C1)NC(=O)N(CC(=O)Nc1sccc1C#N)C2=O. The second-order valence-electron chi connectivity index (χ2n) is 8.08. The van der Waals surface area contributed by atoms with Gasteiger partial charge in [-0.2, -0.15) is 5.26 Å². The van der Waals surface area contributed by atoms with E-state index in [0.717, 1.165) is 11.3 Å². The van der Waals surface area contributed by atoms with Crippen molar-refractivity contribution in [3.63, 3.8) is 0 Å². The Kier molecular flexibility index (Phi) is 4.53. The maximum absolute atomic E-state index is 13.0. The van der Waals surface area contributed by atoms with Gasteiger partial charge >= 0.3 is 6.03 Å². The Morgan fingerprint density at radius 1 is 1.46 bits per heavy atom. The van der Waals surface area contributed by atoms with Crippen molar-refractivity contribution >= 4 is 34.2 Å². The molecule has 26 heavy (non-hydrogen) atoms. The van der Waals surface area contributed by atoms with Gasteiger partial charge in [-0.15, -0.1) is 11.3 Å². The van der Waals surface area contributed by atoms with Crippen LogP contribution < -0.4 is 10.6 Å². The molecule has 1 aliphatic heterocycles. The van der Waals surface area contributed by atoms with Crippen molar-refractivity contribution in [2.24, 2.45) is 11.3 Å². The molecule has 7 nitrogen and oxygen atoms in total. The molecule has 1 saturated heterocycles. The third-order valence-corrected chi connectivity index (χ3v) is 5.79. The minimum absolute atomic E-state index is 0.0580. The summed E-state index contributed by atoms with van der Waals surface area (Å²) in [5.74, 6) is -0.516. The predicted molar refractivity (Wildman–Crippen MR) is 97.4 cm³/mol. The summed E-state index contributed by atoms with van der Waals surface area (Å²) < 4.78 is 0. The number of carbonyl (C=O) groups is 3. The zero-order valence-electron chi connectivity index (χ0n) is 15.1. The van der Waals surface area contributed by atoms with Gasteiger partial charge in [0.25, 0.3) is 5.91 Å². The molecule has 3 rings (SSSR count). The number of rotatable bonds is 3. The van der Waals surface area contributed by atoms with Gasteiger partial charge in [0.1, 0.15) is 23.2 Å². The normalized spacial score (nSPS) is 27.3. The molecule has 1 saturated carbocycles. The van der Waals surface area contributed by atoms with Crippen molar-refractivity contribution in [3.8, 4) is 6.07 Å².